The van der Waals surface area contributed by atoms with Crippen LogP contribution in [0, 0.1) is 0 Å². The molecule has 0 bridgehead atoms. The summed E-state index contributed by atoms with van der Waals surface area (Å²) in [7, 11) is 0. The lowest BCUT2D eigenvalue weighted by Crippen LogP contribution is -2.10. The van der Waals surface area contributed by atoms with Crippen LogP contribution in [0.15, 0.2) is 237 Å². The molecule has 0 radical (unpaired) electrons. The quantitative estimate of drug-likeness (QED) is 0.145. The highest BCUT2D eigenvalue weighted by Crippen LogP contribution is 2.51. The Bertz CT molecular complexity index is 3490. The van der Waals surface area contributed by atoms with Gasteiger partial charge in [0.1, 0.15) is 0 Å². The molecule has 12 aromatic rings. The lowest BCUT2D eigenvalue weighted by molar-refractivity contribution is 1.28. The molecule has 2 heteroatoms. The minimum atomic E-state index is 1.10. The summed E-state index contributed by atoms with van der Waals surface area (Å²) in [4.78, 5) is 3.68. The molecule has 0 saturated heterocycles. The molecular weight excluding hydrogens is 767 g/mol. The lowest BCUT2D eigenvalue weighted by atomic mass is 9.92. The first kappa shape index (κ1) is 36.1. The van der Waals surface area contributed by atoms with Gasteiger partial charge in [0.15, 0.2) is 0 Å². The second-order valence-corrected chi connectivity index (χ2v) is 17.0. The Morgan fingerprint density at radius 3 is 1.34 bits per heavy atom. The molecule has 1 aromatic heterocycles. The van der Waals surface area contributed by atoms with Gasteiger partial charge in [0.2, 0.25) is 0 Å². The second-order valence-electron chi connectivity index (χ2n) is 16.0. The minimum absolute atomic E-state index is 1.10. The maximum atomic E-state index is 2.41. The Balaban J connectivity index is 1.04. The fraction of sp³-hybridized carbons (Fsp3) is 0. The average molecular weight is 806 g/mol. The fourth-order valence-corrected chi connectivity index (χ4v) is 11.0. The zero-order valence-electron chi connectivity index (χ0n) is 33.9. The van der Waals surface area contributed by atoms with Crippen LogP contribution in [-0.2, 0) is 0 Å². The minimum Gasteiger partial charge on any atom is -0.310 e. The molecule has 11 aromatic carbocycles. The molecular formula is C60H39NS. The molecule has 0 spiro atoms. The molecule has 0 fully saturated rings. The number of hydrogen-bond donors (Lipinski definition) is 0. The number of rotatable bonds is 7. The van der Waals surface area contributed by atoms with E-state index in [9.17, 15) is 0 Å². The van der Waals surface area contributed by atoms with Crippen molar-refractivity contribution < 1.29 is 0 Å². The summed E-state index contributed by atoms with van der Waals surface area (Å²) in [6.07, 6.45) is 0. The summed E-state index contributed by atoms with van der Waals surface area (Å²) in [5.41, 5.74) is 11.9. The number of hydrogen-bond acceptors (Lipinski definition) is 2. The van der Waals surface area contributed by atoms with E-state index in [4.69, 9.17) is 0 Å². The number of nitrogens with zero attached hydrogens (tertiary/aromatic N) is 1. The number of anilines is 3. The molecule has 62 heavy (non-hydrogen) atoms. The van der Waals surface area contributed by atoms with Crippen molar-refractivity contribution in [1.82, 2.24) is 0 Å². The van der Waals surface area contributed by atoms with E-state index >= 15 is 0 Å². The zero-order chi connectivity index (χ0) is 41.0. The summed E-state index contributed by atoms with van der Waals surface area (Å²) in [6, 6.07) is 86.6. The molecule has 0 atom stereocenters. The van der Waals surface area contributed by atoms with Gasteiger partial charge in [-0.1, -0.05) is 200 Å². The smallest absolute Gasteiger partial charge is 0.0468 e. The van der Waals surface area contributed by atoms with E-state index in [1.54, 1.807) is 0 Å². The summed E-state index contributed by atoms with van der Waals surface area (Å²) in [5.74, 6) is 0. The third kappa shape index (κ3) is 6.07. The monoisotopic (exact) mass is 805 g/mol. The van der Waals surface area contributed by atoms with Gasteiger partial charge in [0, 0.05) is 43.0 Å². The molecule has 290 valence electrons. The second kappa shape index (κ2) is 15.0. The fourth-order valence-electron chi connectivity index (χ4n) is 9.58. The Labute approximate surface area is 365 Å². The summed E-state index contributed by atoms with van der Waals surface area (Å²) in [5, 5.41) is 11.5. The first-order valence-electron chi connectivity index (χ1n) is 21.3. The Hall–Kier alpha value is -7.78. The predicted octanol–water partition coefficient (Wildman–Crippen LogP) is 17.7. The van der Waals surface area contributed by atoms with E-state index in [-0.39, 0.29) is 0 Å². The largest absolute Gasteiger partial charge is 0.310 e. The first-order valence-corrected chi connectivity index (χ1v) is 22.1. The van der Waals surface area contributed by atoms with Crippen LogP contribution in [0.5, 0.6) is 0 Å². The molecule has 12 rings (SSSR count). The normalized spacial score (nSPS) is 11.5. The van der Waals surface area contributed by atoms with Crippen molar-refractivity contribution in [1.29, 1.82) is 0 Å². The maximum Gasteiger partial charge on any atom is 0.0468 e. The number of thiophene rings is 1. The van der Waals surface area contributed by atoms with Crippen LogP contribution in [0.2, 0.25) is 0 Å². The van der Waals surface area contributed by atoms with Gasteiger partial charge in [0.05, 0.1) is 0 Å². The van der Waals surface area contributed by atoms with Gasteiger partial charge in [-0.3, -0.25) is 0 Å². The highest BCUT2D eigenvalue weighted by Gasteiger charge is 2.22. The summed E-state index contributed by atoms with van der Waals surface area (Å²) in [6.45, 7) is 0. The Morgan fingerprint density at radius 1 is 0.290 bits per heavy atom. The van der Waals surface area contributed by atoms with Crippen LogP contribution in [0.1, 0.15) is 0 Å². The molecule has 0 unspecified atom stereocenters. The van der Waals surface area contributed by atoms with Crippen molar-refractivity contribution in [3.05, 3.63) is 237 Å². The van der Waals surface area contributed by atoms with E-state index in [0.717, 1.165) is 17.1 Å². The molecule has 0 aliphatic carbocycles. The molecule has 0 aliphatic rings. The zero-order valence-corrected chi connectivity index (χ0v) is 34.7. The summed E-state index contributed by atoms with van der Waals surface area (Å²) < 4.78 is 1.32. The predicted molar refractivity (Wildman–Crippen MR) is 268 cm³/mol. The molecule has 0 N–H and O–H groups in total. The maximum absolute atomic E-state index is 2.41. The molecule has 1 nitrogen and oxygen atoms in total. The van der Waals surface area contributed by atoms with Crippen molar-refractivity contribution in [2.75, 3.05) is 4.90 Å². The van der Waals surface area contributed by atoms with Gasteiger partial charge in [0.25, 0.3) is 0 Å². The van der Waals surface area contributed by atoms with Crippen LogP contribution in [0.3, 0.4) is 0 Å². The standard InChI is InChI=1S/C60H39NS/c1-2-17-44(18-3-1)57-58-55-27-10-8-25-53(55)54-26-9-11-28-56(54)60(58)62-59(57)45-21-12-22-48(39-45)61(46-35-31-42(32-36-46)51-29-13-19-40-15-4-6-23-49(40)51)47-37-33-43(34-38-47)52-30-14-20-41-16-5-7-24-50(41)52/h1-39H. The van der Waals surface area contributed by atoms with E-state index in [0.29, 0.717) is 0 Å². The van der Waals surface area contributed by atoms with Gasteiger partial charge in [-0.05, 0) is 107 Å². The van der Waals surface area contributed by atoms with Crippen LogP contribution in [0.4, 0.5) is 17.1 Å². The van der Waals surface area contributed by atoms with E-state index in [2.05, 4.69) is 241 Å². The Kier molecular flexibility index (Phi) is 8.76. The van der Waals surface area contributed by atoms with Crippen LogP contribution < -0.4 is 4.90 Å². The van der Waals surface area contributed by atoms with Crippen molar-refractivity contribution in [2.45, 2.75) is 0 Å². The van der Waals surface area contributed by atoms with Gasteiger partial charge < -0.3 is 4.90 Å². The van der Waals surface area contributed by atoms with Crippen molar-refractivity contribution in [3.63, 3.8) is 0 Å². The highest BCUT2D eigenvalue weighted by molar-refractivity contribution is 7.24. The topological polar surface area (TPSA) is 3.24 Å². The average Bonchev–Trinajstić information content (AvgIpc) is 3.76. The Morgan fingerprint density at radius 2 is 0.742 bits per heavy atom. The third-order valence-corrected chi connectivity index (χ3v) is 13.7. The molecule has 0 amide bonds. The highest BCUT2D eigenvalue weighted by atomic mass is 32.1. The van der Waals surface area contributed by atoms with Crippen LogP contribution in [-0.4, -0.2) is 0 Å². The lowest BCUT2D eigenvalue weighted by Gasteiger charge is -2.26. The van der Waals surface area contributed by atoms with Crippen molar-refractivity contribution in [3.8, 4) is 43.8 Å². The van der Waals surface area contributed by atoms with Crippen LogP contribution >= 0.6 is 11.3 Å². The van der Waals surface area contributed by atoms with Crippen molar-refractivity contribution >= 4 is 81.6 Å². The number of benzene rings is 11. The molecule has 0 aliphatic heterocycles. The third-order valence-electron chi connectivity index (χ3n) is 12.4. The van der Waals surface area contributed by atoms with Gasteiger partial charge in [-0.2, -0.15) is 0 Å². The van der Waals surface area contributed by atoms with Gasteiger partial charge in [-0.25, -0.2) is 0 Å². The van der Waals surface area contributed by atoms with E-state index in [1.165, 1.54) is 97.0 Å². The first-order chi connectivity index (χ1) is 30.8. The molecule has 1 heterocycles. The van der Waals surface area contributed by atoms with Crippen molar-refractivity contribution in [2.24, 2.45) is 0 Å². The van der Waals surface area contributed by atoms with Crippen LogP contribution in [0.25, 0.3) is 97.0 Å². The van der Waals surface area contributed by atoms with E-state index < -0.39 is 0 Å². The van der Waals surface area contributed by atoms with Gasteiger partial charge in [-0.15, -0.1) is 11.3 Å². The molecule has 0 saturated carbocycles. The SMILES string of the molecule is c1ccc(-c2c(-c3cccc(N(c4ccc(-c5cccc6ccccc56)cc4)c4ccc(-c5cccc6ccccc56)cc4)c3)sc3c4ccccc4c4ccccc4c23)cc1. The van der Waals surface area contributed by atoms with E-state index in [1.807, 2.05) is 11.3 Å². The summed E-state index contributed by atoms with van der Waals surface area (Å²) >= 11 is 1.91. The number of fused-ring (bicyclic) bond motifs is 8. The van der Waals surface area contributed by atoms with Gasteiger partial charge >= 0.3 is 0 Å².